The van der Waals surface area contributed by atoms with Gasteiger partial charge in [-0.25, -0.2) is 9.59 Å². The van der Waals surface area contributed by atoms with Gasteiger partial charge in [-0.15, -0.1) is 0 Å². The molecule has 0 saturated carbocycles. The summed E-state index contributed by atoms with van der Waals surface area (Å²) >= 11 is 0. The average molecular weight is 286 g/mol. The first kappa shape index (κ1) is 16.8. The fourth-order valence-electron chi connectivity index (χ4n) is 2.17. The molecule has 0 aromatic carbocycles. The second kappa shape index (κ2) is 6.92. The van der Waals surface area contributed by atoms with Crippen molar-refractivity contribution in [1.29, 1.82) is 0 Å². The van der Waals surface area contributed by atoms with Crippen LogP contribution in [0.3, 0.4) is 0 Å². The van der Waals surface area contributed by atoms with Crippen molar-refractivity contribution >= 4 is 12.1 Å². The summed E-state index contributed by atoms with van der Waals surface area (Å²) < 4.78 is 5.28. The van der Waals surface area contributed by atoms with Gasteiger partial charge in [0.05, 0.1) is 0 Å². The van der Waals surface area contributed by atoms with E-state index in [2.05, 4.69) is 11.8 Å². The summed E-state index contributed by atoms with van der Waals surface area (Å²) in [5.41, 5.74) is -0.612. The summed E-state index contributed by atoms with van der Waals surface area (Å²) in [6.07, 6.45) is 1.57. The molecule has 20 heavy (non-hydrogen) atoms. The summed E-state index contributed by atoms with van der Waals surface area (Å²) in [5, 5.41) is 9.32. The second-order valence-electron chi connectivity index (χ2n) is 6.18. The van der Waals surface area contributed by atoms with Crippen LogP contribution >= 0.6 is 0 Å². The minimum atomic E-state index is -0.975. The van der Waals surface area contributed by atoms with E-state index in [9.17, 15) is 14.7 Å². The summed E-state index contributed by atoms with van der Waals surface area (Å²) in [4.78, 5) is 26.9. The van der Waals surface area contributed by atoms with Crippen LogP contribution in [0.4, 0.5) is 4.79 Å². The molecule has 1 saturated heterocycles. The van der Waals surface area contributed by atoms with Crippen LogP contribution in [0, 0.1) is 0 Å². The highest BCUT2D eigenvalue weighted by molar-refractivity contribution is 5.80. The standard InChI is InChI=1S/C14H26N2O4/c1-5-6-7-15-8-9-16(11(10-15)12(17)18)13(19)20-14(2,3)4/h11H,5-10H2,1-4H3,(H,17,18)/t11-/m1/s1. The molecule has 1 heterocycles. The fourth-order valence-corrected chi connectivity index (χ4v) is 2.17. The number of carbonyl (C=O) groups excluding carboxylic acids is 1. The molecule has 0 unspecified atom stereocenters. The molecule has 1 amide bonds. The molecule has 0 bridgehead atoms. The van der Waals surface area contributed by atoms with Crippen molar-refractivity contribution in [2.45, 2.75) is 52.2 Å². The zero-order valence-electron chi connectivity index (χ0n) is 12.9. The summed E-state index contributed by atoms with van der Waals surface area (Å²) in [6, 6.07) is -0.824. The van der Waals surface area contributed by atoms with Crippen LogP contribution in [0.15, 0.2) is 0 Å². The maximum Gasteiger partial charge on any atom is 0.411 e. The lowest BCUT2D eigenvalue weighted by Crippen LogP contribution is -2.59. The van der Waals surface area contributed by atoms with E-state index in [1.807, 2.05) is 0 Å². The van der Waals surface area contributed by atoms with E-state index in [1.54, 1.807) is 20.8 Å². The van der Waals surface area contributed by atoms with Gasteiger partial charge in [0, 0.05) is 19.6 Å². The second-order valence-corrected chi connectivity index (χ2v) is 6.18. The molecule has 116 valence electrons. The van der Waals surface area contributed by atoms with E-state index in [0.29, 0.717) is 19.6 Å². The first-order valence-electron chi connectivity index (χ1n) is 7.19. The molecular weight excluding hydrogens is 260 g/mol. The van der Waals surface area contributed by atoms with Crippen LogP contribution < -0.4 is 0 Å². The highest BCUT2D eigenvalue weighted by Crippen LogP contribution is 2.16. The molecule has 1 fully saturated rings. The van der Waals surface area contributed by atoms with Gasteiger partial charge in [0.1, 0.15) is 11.6 Å². The van der Waals surface area contributed by atoms with Crippen LogP contribution in [0.25, 0.3) is 0 Å². The van der Waals surface area contributed by atoms with Crippen LogP contribution in [0.1, 0.15) is 40.5 Å². The Hall–Kier alpha value is -1.30. The fraction of sp³-hybridized carbons (Fsp3) is 0.857. The molecule has 6 heteroatoms. The Labute approximate surface area is 120 Å². The first-order chi connectivity index (χ1) is 9.24. The van der Waals surface area contributed by atoms with E-state index in [0.717, 1.165) is 19.4 Å². The van der Waals surface area contributed by atoms with Gasteiger partial charge in [-0.05, 0) is 33.7 Å². The molecule has 1 aliphatic rings. The molecule has 0 radical (unpaired) electrons. The highest BCUT2D eigenvalue weighted by atomic mass is 16.6. The van der Waals surface area contributed by atoms with Gasteiger partial charge >= 0.3 is 12.1 Å². The number of aliphatic carboxylic acids is 1. The van der Waals surface area contributed by atoms with Gasteiger partial charge in [0.15, 0.2) is 0 Å². The summed E-state index contributed by atoms with van der Waals surface area (Å²) in [5.74, 6) is -0.975. The third kappa shape index (κ3) is 5.00. The number of carboxylic acids is 1. The molecule has 0 spiro atoms. The van der Waals surface area contributed by atoms with Crippen molar-refractivity contribution in [3.8, 4) is 0 Å². The molecular formula is C14H26N2O4. The molecule has 1 aliphatic heterocycles. The number of carbonyl (C=O) groups is 2. The van der Waals surface area contributed by atoms with E-state index < -0.39 is 23.7 Å². The number of amides is 1. The Morgan fingerprint density at radius 2 is 1.95 bits per heavy atom. The maximum atomic E-state index is 12.1. The number of ether oxygens (including phenoxy) is 1. The first-order valence-corrected chi connectivity index (χ1v) is 7.19. The van der Waals surface area contributed by atoms with Crippen molar-refractivity contribution in [3.05, 3.63) is 0 Å². The number of hydrogen-bond donors (Lipinski definition) is 1. The number of piperazine rings is 1. The van der Waals surface area contributed by atoms with Gasteiger partial charge in [-0.2, -0.15) is 0 Å². The van der Waals surface area contributed by atoms with Crippen molar-refractivity contribution in [1.82, 2.24) is 9.80 Å². The molecule has 1 atom stereocenters. The van der Waals surface area contributed by atoms with Crippen LogP contribution in [0.2, 0.25) is 0 Å². The van der Waals surface area contributed by atoms with E-state index in [1.165, 1.54) is 4.90 Å². The molecule has 0 aliphatic carbocycles. The molecule has 0 aromatic heterocycles. The normalized spacial score (nSPS) is 20.8. The third-order valence-corrected chi connectivity index (χ3v) is 3.21. The minimum Gasteiger partial charge on any atom is -0.480 e. The number of nitrogens with zero attached hydrogens (tertiary/aromatic N) is 2. The summed E-state index contributed by atoms with van der Waals surface area (Å²) in [6.45, 7) is 9.77. The Morgan fingerprint density at radius 1 is 1.30 bits per heavy atom. The Bertz CT molecular complexity index is 352. The third-order valence-electron chi connectivity index (χ3n) is 3.21. The van der Waals surface area contributed by atoms with Crippen LogP contribution in [0.5, 0.6) is 0 Å². The van der Waals surface area contributed by atoms with Gasteiger partial charge in [0.25, 0.3) is 0 Å². The van der Waals surface area contributed by atoms with Gasteiger partial charge < -0.3 is 9.84 Å². The predicted molar refractivity (Wildman–Crippen MR) is 75.7 cm³/mol. The van der Waals surface area contributed by atoms with E-state index in [-0.39, 0.29) is 0 Å². The number of carboxylic acid groups (broad SMARTS) is 1. The van der Waals surface area contributed by atoms with Crippen molar-refractivity contribution in [2.24, 2.45) is 0 Å². The van der Waals surface area contributed by atoms with Gasteiger partial charge in [-0.3, -0.25) is 9.80 Å². The predicted octanol–water partition coefficient (Wildman–Crippen LogP) is 1.79. The number of unbranched alkanes of at least 4 members (excludes halogenated alkanes) is 1. The lowest BCUT2D eigenvalue weighted by molar-refractivity contribution is -0.145. The smallest absolute Gasteiger partial charge is 0.411 e. The van der Waals surface area contributed by atoms with Crippen molar-refractivity contribution in [2.75, 3.05) is 26.2 Å². The maximum absolute atomic E-state index is 12.1. The van der Waals surface area contributed by atoms with E-state index in [4.69, 9.17) is 4.74 Å². The monoisotopic (exact) mass is 286 g/mol. The Kier molecular flexibility index (Phi) is 5.80. The van der Waals surface area contributed by atoms with E-state index >= 15 is 0 Å². The van der Waals surface area contributed by atoms with Gasteiger partial charge in [0.2, 0.25) is 0 Å². The SMILES string of the molecule is CCCCN1CCN(C(=O)OC(C)(C)C)[C@@H](C(=O)O)C1. The lowest BCUT2D eigenvalue weighted by Gasteiger charge is -2.39. The Morgan fingerprint density at radius 3 is 2.45 bits per heavy atom. The zero-order chi connectivity index (χ0) is 15.3. The minimum absolute atomic E-state index is 0.370. The molecule has 6 nitrogen and oxygen atoms in total. The number of hydrogen-bond acceptors (Lipinski definition) is 4. The van der Waals surface area contributed by atoms with Crippen LogP contribution in [-0.4, -0.2) is 64.8 Å². The Balaban J connectivity index is 2.67. The summed E-state index contributed by atoms with van der Waals surface area (Å²) in [7, 11) is 0. The largest absolute Gasteiger partial charge is 0.480 e. The van der Waals surface area contributed by atoms with Gasteiger partial charge in [-0.1, -0.05) is 13.3 Å². The van der Waals surface area contributed by atoms with Crippen molar-refractivity contribution in [3.63, 3.8) is 0 Å². The highest BCUT2D eigenvalue weighted by Gasteiger charge is 2.37. The van der Waals surface area contributed by atoms with Crippen LogP contribution in [-0.2, 0) is 9.53 Å². The quantitative estimate of drug-likeness (QED) is 0.853. The van der Waals surface area contributed by atoms with Crippen molar-refractivity contribution < 1.29 is 19.4 Å². The molecule has 1 rings (SSSR count). The molecule has 0 aromatic rings. The average Bonchev–Trinajstić information content (AvgIpc) is 2.33. The molecule has 1 N–H and O–H groups in total. The topological polar surface area (TPSA) is 70.1 Å². The zero-order valence-corrected chi connectivity index (χ0v) is 12.9. The number of rotatable bonds is 4. The lowest BCUT2D eigenvalue weighted by atomic mass is 10.1.